The number of carbonyl (C=O) groups is 2. The molecule has 2 aromatic rings. The third-order valence-corrected chi connectivity index (χ3v) is 4.33. The summed E-state index contributed by atoms with van der Waals surface area (Å²) < 4.78 is 6.03. The summed E-state index contributed by atoms with van der Waals surface area (Å²) in [5.74, 6) is -0.358. The van der Waals surface area contributed by atoms with E-state index in [0.29, 0.717) is 25.9 Å². The topological polar surface area (TPSA) is 100 Å². The van der Waals surface area contributed by atoms with Crippen molar-refractivity contribution in [2.45, 2.75) is 6.42 Å². The number of hydrogen-bond donors (Lipinski definition) is 3. The van der Waals surface area contributed by atoms with Crippen LogP contribution in [0.1, 0.15) is 12.0 Å². The molecule has 0 aromatic heterocycles. The van der Waals surface area contributed by atoms with E-state index in [4.69, 9.17) is 4.74 Å². The van der Waals surface area contributed by atoms with E-state index in [-0.39, 0.29) is 12.2 Å². The van der Waals surface area contributed by atoms with Crippen LogP contribution in [0.15, 0.2) is 50.4 Å². The largest absolute Gasteiger partial charge is 0.506 e. The number of aromatic hydroxyl groups is 1. The van der Waals surface area contributed by atoms with Gasteiger partial charge in [-0.2, -0.15) is 5.10 Å². The quantitative estimate of drug-likeness (QED) is 0.332. The van der Waals surface area contributed by atoms with Gasteiger partial charge < -0.3 is 15.2 Å². The van der Waals surface area contributed by atoms with Crippen LogP contribution in [-0.2, 0) is 9.59 Å². The van der Waals surface area contributed by atoms with E-state index in [2.05, 4.69) is 47.7 Å². The smallest absolute Gasteiger partial charge is 0.249 e. The van der Waals surface area contributed by atoms with Crippen LogP contribution < -0.4 is 15.5 Å². The molecule has 0 aliphatic heterocycles. The number of nitrogens with one attached hydrogen (secondary N) is 2. The predicted octanol–water partition coefficient (Wildman–Crippen LogP) is 3.40. The van der Waals surface area contributed by atoms with Gasteiger partial charge in [0.1, 0.15) is 17.9 Å². The molecule has 0 aliphatic carbocycles. The Balaban J connectivity index is 1.87. The molecule has 0 atom stereocenters. The molecule has 0 heterocycles. The fraction of sp³-hybridized carbons (Fsp3) is 0.118. The normalized spacial score (nSPS) is 10.6. The second-order valence-corrected chi connectivity index (χ2v) is 6.79. The standard InChI is InChI=1S/C17H15Br2N3O4/c1-26-12-4-2-3-11(7-12)21-15(23)8-16(24)22-20-9-10-5-13(18)17(25)14(19)6-10/h2-7,9,25H,8H2,1H3,(H,21,23)(H,22,24). The van der Waals surface area contributed by atoms with Gasteiger partial charge in [-0.1, -0.05) is 6.07 Å². The van der Waals surface area contributed by atoms with Gasteiger partial charge >= 0.3 is 0 Å². The van der Waals surface area contributed by atoms with Crippen molar-refractivity contribution in [1.82, 2.24) is 5.43 Å². The summed E-state index contributed by atoms with van der Waals surface area (Å²) in [4.78, 5) is 23.7. The molecule has 2 rings (SSSR count). The molecule has 7 nitrogen and oxygen atoms in total. The Hall–Kier alpha value is -2.39. The number of rotatable bonds is 6. The van der Waals surface area contributed by atoms with Crippen molar-refractivity contribution in [1.29, 1.82) is 0 Å². The van der Waals surface area contributed by atoms with Crippen molar-refractivity contribution in [3.63, 3.8) is 0 Å². The highest BCUT2D eigenvalue weighted by atomic mass is 79.9. The maximum atomic E-state index is 11.9. The maximum Gasteiger partial charge on any atom is 0.249 e. The highest BCUT2D eigenvalue weighted by Gasteiger charge is 2.09. The van der Waals surface area contributed by atoms with Crippen LogP contribution in [0.2, 0.25) is 0 Å². The fourth-order valence-electron chi connectivity index (χ4n) is 1.93. The number of halogens is 2. The summed E-state index contributed by atoms with van der Waals surface area (Å²) in [6.45, 7) is 0. The van der Waals surface area contributed by atoms with E-state index in [0.717, 1.165) is 0 Å². The zero-order valence-electron chi connectivity index (χ0n) is 13.6. The van der Waals surface area contributed by atoms with Gasteiger partial charge in [-0.3, -0.25) is 9.59 Å². The predicted molar refractivity (Wildman–Crippen MR) is 105 cm³/mol. The van der Waals surface area contributed by atoms with Gasteiger partial charge in [0.15, 0.2) is 0 Å². The molecule has 0 saturated carbocycles. The van der Waals surface area contributed by atoms with Gasteiger partial charge in [0.05, 0.1) is 22.3 Å². The van der Waals surface area contributed by atoms with E-state index in [1.165, 1.54) is 13.3 Å². The van der Waals surface area contributed by atoms with E-state index in [9.17, 15) is 14.7 Å². The number of anilines is 1. The summed E-state index contributed by atoms with van der Waals surface area (Å²) in [5, 5.41) is 16.0. The molecule has 2 aromatic carbocycles. The van der Waals surface area contributed by atoms with Gasteiger partial charge in [-0.15, -0.1) is 0 Å². The molecule has 0 saturated heterocycles. The van der Waals surface area contributed by atoms with Crippen molar-refractivity contribution >= 4 is 55.6 Å². The number of carbonyl (C=O) groups excluding carboxylic acids is 2. The highest BCUT2D eigenvalue weighted by molar-refractivity contribution is 9.11. The Morgan fingerprint density at radius 2 is 1.88 bits per heavy atom. The minimum Gasteiger partial charge on any atom is -0.506 e. The lowest BCUT2D eigenvalue weighted by atomic mass is 10.2. The number of hydrazone groups is 1. The molecule has 0 unspecified atom stereocenters. The molecule has 0 radical (unpaired) electrons. The van der Waals surface area contributed by atoms with Crippen LogP contribution in [0.4, 0.5) is 5.69 Å². The van der Waals surface area contributed by atoms with Crippen molar-refractivity contribution in [2.75, 3.05) is 12.4 Å². The summed E-state index contributed by atoms with van der Waals surface area (Å²) >= 11 is 6.40. The molecule has 0 bridgehead atoms. The number of nitrogens with zero attached hydrogens (tertiary/aromatic N) is 1. The van der Waals surface area contributed by atoms with E-state index in [1.807, 2.05) is 0 Å². The number of amides is 2. The van der Waals surface area contributed by atoms with Crippen LogP contribution in [0.25, 0.3) is 0 Å². The first-order chi connectivity index (χ1) is 12.4. The Morgan fingerprint density at radius 3 is 2.54 bits per heavy atom. The Bertz CT molecular complexity index is 833. The summed E-state index contributed by atoms with van der Waals surface area (Å²) in [6.07, 6.45) is 1.02. The van der Waals surface area contributed by atoms with Gasteiger partial charge in [-0.05, 0) is 61.7 Å². The van der Waals surface area contributed by atoms with Crippen molar-refractivity contribution in [2.24, 2.45) is 5.10 Å². The third-order valence-electron chi connectivity index (χ3n) is 3.12. The number of phenols is 1. The Labute approximate surface area is 166 Å². The maximum absolute atomic E-state index is 11.9. The van der Waals surface area contributed by atoms with Gasteiger partial charge in [0.25, 0.3) is 0 Å². The average molecular weight is 485 g/mol. The lowest BCUT2D eigenvalue weighted by Crippen LogP contribution is -2.24. The zero-order chi connectivity index (χ0) is 19.1. The Kier molecular flexibility index (Phi) is 7.16. The molecular formula is C17H15Br2N3O4. The molecule has 2 amide bonds. The summed E-state index contributed by atoms with van der Waals surface area (Å²) in [6, 6.07) is 10.1. The zero-order valence-corrected chi connectivity index (χ0v) is 16.8. The monoisotopic (exact) mass is 483 g/mol. The van der Waals surface area contributed by atoms with Crippen molar-refractivity contribution in [3.8, 4) is 11.5 Å². The molecule has 0 aliphatic rings. The number of phenolic OH excluding ortho intramolecular Hbond substituents is 1. The van der Waals surface area contributed by atoms with E-state index >= 15 is 0 Å². The first kappa shape index (κ1) is 19.9. The SMILES string of the molecule is COc1cccc(NC(=O)CC(=O)NN=Cc2cc(Br)c(O)c(Br)c2)c1. The summed E-state index contributed by atoms with van der Waals surface area (Å²) in [7, 11) is 1.53. The number of methoxy groups -OCH3 is 1. The Morgan fingerprint density at radius 1 is 1.19 bits per heavy atom. The second kappa shape index (κ2) is 9.35. The summed E-state index contributed by atoms with van der Waals surface area (Å²) in [5.41, 5.74) is 3.45. The average Bonchev–Trinajstić information content (AvgIpc) is 2.59. The minimum absolute atomic E-state index is 0.0698. The van der Waals surface area contributed by atoms with E-state index < -0.39 is 11.8 Å². The van der Waals surface area contributed by atoms with Crippen LogP contribution in [0.3, 0.4) is 0 Å². The fourth-order valence-corrected chi connectivity index (χ4v) is 3.15. The van der Waals surface area contributed by atoms with Gasteiger partial charge in [0.2, 0.25) is 11.8 Å². The third kappa shape index (κ3) is 5.85. The molecule has 9 heteroatoms. The molecule has 3 N–H and O–H groups in total. The molecule has 26 heavy (non-hydrogen) atoms. The molecular weight excluding hydrogens is 470 g/mol. The van der Waals surface area contributed by atoms with E-state index in [1.54, 1.807) is 36.4 Å². The minimum atomic E-state index is -0.557. The van der Waals surface area contributed by atoms with Gasteiger partial charge in [-0.25, -0.2) is 5.43 Å². The number of ether oxygens (including phenoxy) is 1. The van der Waals surface area contributed by atoms with Crippen LogP contribution in [0, 0.1) is 0 Å². The first-order valence-corrected chi connectivity index (χ1v) is 8.91. The highest BCUT2D eigenvalue weighted by Crippen LogP contribution is 2.32. The molecule has 136 valence electrons. The van der Waals surface area contributed by atoms with Crippen LogP contribution in [0.5, 0.6) is 11.5 Å². The lowest BCUT2D eigenvalue weighted by Gasteiger charge is -2.06. The van der Waals surface area contributed by atoms with Crippen molar-refractivity contribution < 1.29 is 19.4 Å². The first-order valence-electron chi connectivity index (χ1n) is 7.33. The molecule has 0 fully saturated rings. The lowest BCUT2D eigenvalue weighted by molar-refractivity contribution is -0.126. The van der Waals surface area contributed by atoms with Crippen LogP contribution in [-0.4, -0.2) is 30.2 Å². The van der Waals surface area contributed by atoms with Crippen molar-refractivity contribution in [3.05, 3.63) is 50.9 Å². The number of benzene rings is 2. The second-order valence-electron chi connectivity index (χ2n) is 5.08. The van der Waals surface area contributed by atoms with Crippen LogP contribution >= 0.6 is 31.9 Å². The molecule has 0 spiro atoms. The number of hydrogen-bond acceptors (Lipinski definition) is 5. The van der Waals surface area contributed by atoms with Gasteiger partial charge in [0, 0.05) is 11.8 Å².